The number of anilines is 1. The van der Waals surface area contributed by atoms with Crippen LogP contribution in [0.15, 0.2) is 22.7 Å². The van der Waals surface area contributed by atoms with E-state index < -0.39 is 4.92 Å². The second-order valence-electron chi connectivity index (χ2n) is 4.12. The lowest BCUT2D eigenvalue weighted by Gasteiger charge is -2.13. The van der Waals surface area contributed by atoms with Gasteiger partial charge in [0.2, 0.25) is 5.91 Å². The highest BCUT2D eigenvalue weighted by molar-refractivity contribution is 9.10. The zero-order valence-electron chi connectivity index (χ0n) is 10.8. The molecule has 1 aromatic rings. The van der Waals surface area contributed by atoms with Crippen molar-refractivity contribution in [3.05, 3.63) is 32.8 Å². The lowest BCUT2D eigenvalue weighted by molar-refractivity contribution is -0.384. The highest BCUT2D eigenvalue weighted by Gasteiger charge is 2.16. The summed E-state index contributed by atoms with van der Waals surface area (Å²) >= 11 is 3.26. The van der Waals surface area contributed by atoms with Gasteiger partial charge in [0.1, 0.15) is 0 Å². The smallest absolute Gasteiger partial charge is 0.271 e. The molecule has 1 atom stereocenters. The molecule has 0 heterocycles. The van der Waals surface area contributed by atoms with Gasteiger partial charge >= 0.3 is 0 Å². The molecule has 1 rings (SSSR count). The van der Waals surface area contributed by atoms with Gasteiger partial charge in [0.15, 0.2) is 0 Å². The summed E-state index contributed by atoms with van der Waals surface area (Å²) in [4.78, 5) is 22.1. The van der Waals surface area contributed by atoms with E-state index in [4.69, 9.17) is 0 Å². The Hall–Kier alpha value is -1.47. The van der Waals surface area contributed by atoms with Crippen LogP contribution in [0.25, 0.3) is 0 Å². The van der Waals surface area contributed by atoms with E-state index in [0.29, 0.717) is 16.7 Å². The number of rotatable bonds is 6. The van der Waals surface area contributed by atoms with E-state index in [2.05, 4.69) is 26.6 Å². The molecule has 19 heavy (non-hydrogen) atoms. The van der Waals surface area contributed by atoms with Gasteiger partial charge in [-0.1, -0.05) is 13.8 Å². The number of amides is 1. The van der Waals surface area contributed by atoms with E-state index in [1.54, 1.807) is 13.0 Å². The summed E-state index contributed by atoms with van der Waals surface area (Å²) in [6.07, 6.45) is 0. The zero-order chi connectivity index (χ0) is 14.4. The lowest BCUT2D eigenvalue weighted by Crippen LogP contribution is -2.30. The number of nitrogens with zero attached hydrogens (tertiary/aromatic N) is 1. The number of non-ortho nitro benzene ring substituents is 1. The number of carbonyl (C=O) groups excluding carboxylic acids is 1. The Morgan fingerprint density at radius 3 is 2.79 bits per heavy atom. The van der Waals surface area contributed by atoms with Gasteiger partial charge in [0.05, 0.1) is 10.6 Å². The number of nitro groups is 1. The number of hydrogen-bond donors (Lipinski definition) is 2. The predicted molar refractivity (Wildman–Crippen MR) is 77.1 cm³/mol. The third kappa shape index (κ3) is 4.60. The van der Waals surface area contributed by atoms with Crippen molar-refractivity contribution in [2.45, 2.75) is 13.8 Å². The molecule has 0 bridgehead atoms. The molecule has 1 amide bonds. The largest absolute Gasteiger partial charge is 0.325 e. The van der Waals surface area contributed by atoms with Crippen LogP contribution < -0.4 is 10.6 Å². The molecule has 1 unspecified atom stereocenters. The van der Waals surface area contributed by atoms with Crippen LogP contribution in [0.1, 0.15) is 13.8 Å². The van der Waals surface area contributed by atoms with Crippen LogP contribution in [-0.4, -0.2) is 23.9 Å². The van der Waals surface area contributed by atoms with Crippen molar-refractivity contribution in [2.75, 3.05) is 18.4 Å². The van der Waals surface area contributed by atoms with Crippen LogP contribution in [0.5, 0.6) is 0 Å². The summed E-state index contributed by atoms with van der Waals surface area (Å²) in [7, 11) is 0. The Balaban J connectivity index is 2.78. The van der Waals surface area contributed by atoms with E-state index >= 15 is 0 Å². The Morgan fingerprint density at radius 1 is 1.53 bits per heavy atom. The second kappa shape index (κ2) is 7.20. The van der Waals surface area contributed by atoms with Gasteiger partial charge in [-0.2, -0.15) is 0 Å². The van der Waals surface area contributed by atoms with E-state index in [1.165, 1.54) is 12.1 Å². The maximum atomic E-state index is 11.9. The normalized spacial score (nSPS) is 11.9. The molecule has 0 aromatic heterocycles. The van der Waals surface area contributed by atoms with Crippen LogP contribution in [0.4, 0.5) is 11.4 Å². The van der Waals surface area contributed by atoms with Crippen molar-refractivity contribution in [1.29, 1.82) is 0 Å². The van der Waals surface area contributed by atoms with Gasteiger partial charge in [0, 0.05) is 29.1 Å². The van der Waals surface area contributed by atoms with Gasteiger partial charge in [-0.25, -0.2) is 0 Å². The van der Waals surface area contributed by atoms with Crippen molar-refractivity contribution in [3.63, 3.8) is 0 Å². The SMILES string of the molecule is CCNCC(C)C(=O)Nc1cc([N+](=O)[O-])ccc1Br. The number of halogens is 1. The minimum absolute atomic E-state index is 0.0576. The number of nitro benzene ring substituents is 1. The van der Waals surface area contributed by atoms with Crippen molar-refractivity contribution < 1.29 is 9.72 Å². The summed E-state index contributed by atoms with van der Waals surface area (Å²) in [5, 5.41) is 16.5. The molecule has 0 saturated carbocycles. The fraction of sp³-hybridized carbons (Fsp3) is 0.417. The molecule has 0 aliphatic carbocycles. The lowest BCUT2D eigenvalue weighted by atomic mass is 10.1. The van der Waals surface area contributed by atoms with Crippen molar-refractivity contribution in [2.24, 2.45) is 5.92 Å². The van der Waals surface area contributed by atoms with E-state index in [9.17, 15) is 14.9 Å². The molecule has 2 N–H and O–H groups in total. The summed E-state index contributed by atoms with van der Waals surface area (Å²) in [6, 6.07) is 4.26. The molecule has 7 heteroatoms. The fourth-order valence-electron chi connectivity index (χ4n) is 1.43. The van der Waals surface area contributed by atoms with Crippen molar-refractivity contribution >= 4 is 33.2 Å². The third-order valence-corrected chi connectivity index (χ3v) is 3.26. The van der Waals surface area contributed by atoms with E-state index in [1.807, 2.05) is 6.92 Å². The number of benzene rings is 1. The first-order valence-electron chi connectivity index (χ1n) is 5.91. The molecule has 1 aromatic carbocycles. The monoisotopic (exact) mass is 329 g/mol. The van der Waals surface area contributed by atoms with Crippen LogP contribution in [0, 0.1) is 16.0 Å². The molecule has 0 saturated heterocycles. The summed E-state index contributed by atoms with van der Waals surface area (Å²) in [6.45, 7) is 5.11. The molecule has 0 spiro atoms. The van der Waals surface area contributed by atoms with E-state index in [-0.39, 0.29) is 17.5 Å². The second-order valence-corrected chi connectivity index (χ2v) is 4.97. The summed E-state index contributed by atoms with van der Waals surface area (Å²) in [5.74, 6) is -0.395. The van der Waals surface area contributed by atoms with Gasteiger partial charge in [-0.15, -0.1) is 0 Å². The minimum atomic E-state index is -0.496. The minimum Gasteiger partial charge on any atom is -0.325 e. The van der Waals surface area contributed by atoms with E-state index in [0.717, 1.165) is 6.54 Å². The van der Waals surface area contributed by atoms with Crippen molar-refractivity contribution in [1.82, 2.24) is 5.32 Å². The molecular formula is C12H16BrN3O3. The molecule has 0 fully saturated rings. The zero-order valence-corrected chi connectivity index (χ0v) is 12.4. The topological polar surface area (TPSA) is 84.3 Å². The Bertz CT molecular complexity index is 479. The maximum absolute atomic E-state index is 11.9. The quantitative estimate of drug-likeness (QED) is 0.620. The molecule has 0 aliphatic heterocycles. The Morgan fingerprint density at radius 2 is 2.21 bits per heavy atom. The maximum Gasteiger partial charge on any atom is 0.271 e. The van der Waals surface area contributed by atoms with Gasteiger partial charge in [0.25, 0.3) is 5.69 Å². The van der Waals surface area contributed by atoms with Crippen LogP contribution in [-0.2, 0) is 4.79 Å². The highest BCUT2D eigenvalue weighted by Crippen LogP contribution is 2.27. The Labute approximate surface area is 119 Å². The average Bonchev–Trinajstić information content (AvgIpc) is 2.38. The number of nitrogens with one attached hydrogen (secondary N) is 2. The first kappa shape index (κ1) is 15.6. The fourth-order valence-corrected chi connectivity index (χ4v) is 1.78. The summed E-state index contributed by atoms with van der Waals surface area (Å²) < 4.78 is 0.613. The molecule has 0 radical (unpaired) electrons. The molecule has 6 nitrogen and oxygen atoms in total. The highest BCUT2D eigenvalue weighted by atomic mass is 79.9. The standard InChI is InChI=1S/C12H16BrN3O3/c1-3-14-7-8(2)12(17)15-11-6-9(16(18)19)4-5-10(11)13/h4-6,8,14H,3,7H2,1-2H3,(H,15,17). The van der Waals surface area contributed by atoms with Crippen LogP contribution in [0.3, 0.4) is 0 Å². The molecule has 0 aliphatic rings. The van der Waals surface area contributed by atoms with Crippen LogP contribution in [0.2, 0.25) is 0 Å². The third-order valence-electron chi connectivity index (χ3n) is 2.57. The summed E-state index contributed by atoms with van der Waals surface area (Å²) in [5.41, 5.74) is 0.348. The Kier molecular flexibility index (Phi) is 5.91. The first-order valence-corrected chi connectivity index (χ1v) is 6.70. The number of hydrogen-bond acceptors (Lipinski definition) is 4. The van der Waals surface area contributed by atoms with Gasteiger partial charge in [-0.3, -0.25) is 14.9 Å². The first-order chi connectivity index (χ1) is 8.95. The molecular weight excluding hydrogens is 314 g/mol. The van der Waals surface area contributed by atoms with Gasteiger partial charge in [-0.05, 0) is 28.5 Å². The van der Waals surface area contributed by atoms with Gasteiger partial charge < -0.3 is 10.6 Å². The van der Waals surface area contributed by atoms with Crippen molar-refractivity contribution in [3.8, 4) is 0 Å². The van der Waals surface area contributed by atoms with Crippen LogP contribution >= 0.6 is 15.9 Å². The number of carbonyl (C=O) groups is 1. The predicted octanol–water partition coefficient (Wildman–Crippen LogP) is 2.54. The molecule has 104 valence electrons. The average molecular weight is 330 g/mol.